The van der Waals surface area contributed by atoms with Gasteiger partial charge in [-0.15, -0.1) is 0 Å². The van der Waals surface area contributed by atoms with Crippen LogP contribution in [0.3, 0.4) is 0 Å². The Morgan fingerprint density at radius 3 is 2.53 bits per heavy atom. The van der Waals surface area contributed by atoms with E-state index in [1.54, 1.807) is 12.2 Å². The largest absolute Gasteiger partial charge is 0.322 e. The van der Waals surface area contributed by atoms with E-state index in [0.29, 0.717) is 5.92 Å². The van der Waals surface area contributed by atoms with Gasteiger partial charge in [-0.05, 0) is 49.6 Å². The Morgan fingerprint density at radius 1 is 1.24 bits per heavy atom. The van der Waals surface area contributed by atoms with E-state index in [-0.39, 0.29) is 5.56 Å². The van der Waals surface area contributed by atoms with Gasteiger partial charge in [-0.25, -0.2) is 0 Å². The maximum Gasteiger partial charge on any atom is 0.251 e. The van der Waals surface area contributed by atoms with Gasteiger partial charge in [0.05, 0.1) is 0 Å². The molecular formula is C14H18N2O. The van der Waals surface area contributed by atoms with E-state index in [4.69, 9.17) is 0 Å². The van der Waals surface area contributed by atoms with E-state index < -0.39 is 0 Å². The summed E-state index contributed by atoms with van der Waals surface area (Å²) < 4.78 is 0. The molecule has 0 aromatic carbocycles. The molecule has 2 N–H and O–H groups in total. The molecule has 0 atom stereocenters. The van der Waals surface area contributed by atoms with Crippen molar-refractivity contribution >= 4 is 12.2 Å². The standard InChI is InChI=1S/C14H18N2O/c1-3-10-9-12(11-5-7-15-8-6-11)14(17)16-13(10)4-2/h3-4,9,11,15H,1-2,5-8H2,(H,16,17). The van der Waals surface area contributed by atoms with Crippen molar-refractivity contribution in [3.63, 3.8) is 0 Å². The lowest BCUT2D eigenvalue weighted by Gasteiger charge is -2.22. The Hall–Kier alpha value is -1.61. The van der Waals surface area contributed by atoms with Crippen molar-refractivity contribution in [1.29, 1.82) is 0 Å². The quantitative estimate of drug-likeness (QED) is 0.835. The molecule has 0 bridgehead atoms. The van der Waals surface area contributed by atoms with E-state index in [2.05, 4.69) is 23.5 Å². The fraction of sp³-hybridized carbons (Fsp3) is 0.357. The van der Waals surface area contributed by atoms with Crippen LogP contribution in [0.2, 0.25) is 0 Å². The number of rotatable bonds is 3. The highest BCUT2D eigenvalue weighted by Crippen LogP contribution is 2.24. The molecular weight excluding hydrogens is 212 g/mol. The maximum atomic E-state index is 12.0. The Kier molecular flexibility index (Phi) is 3.59. The number of aromatic nitrogens is 1. The Labute approximate surface area is 101 Å². The summed E-state index contributed by atoms with van der Waals surface area (Å²) in [5.74, 6) is 0.359. The average Bonchev–Trinajstić information content (AvgIpc) is 2.39. The first-order valence-electron chi connectivity index (χ1n) is 5.99. The lowest BCUT2D eigenvalue weighted by atomic mass is 9.90. The van der Waals surface area contributed by atoms with Crippen LogP contribution in [0.4, 0.5) is 0 Å². The molecule has 2 rings (SSSR count). The first-order valence-corrected chi connectivity index (χ1v) is 5.99. The molecule has 0 unspecified atom stereocenters. The molecule has 3 heteroatoms. The van der Waals surface area contributed by atoms with E-state index in [1.165, 1.54) is 0 Å². The highest BCUT2D eigenvalue weighted by molar-refractivity contribution is 5.61. The normalized spacial score (nSPS) is 16.7. The van der Waals surface area contributed by atoms with Crippen LogP contribution < -0.4 is 10.9 Å². The summed E-state index contributed by atoms with van der Waals surface area (Å²) in [6.45, 7) is 9.43. The number of H-pyrrole nitrogens is 1. The number of hydrogen-bond donors (Lipinski definition) is 2. The molecule has 90 valence electrons. The first kappa shape index (κ1) is 11.9. The predicted octanol–water partition coefficient (Wildman–Crippen LogP) is 2.13. The fourth-order valence-electron chi connectivity index (χ4n) is 2.35. The predicted molar refractivity (Wildman–Crippen MR) is 72.1 cm³/mol. The van der Waals surface area contributed by atoms with Crippen LogP contribution in [0, 0.1) is 0 Å². The van der Waals surface area contributed by atoms with E-state index in [9.17, 15) is 4.79 Å². The van der Waals surface area contributed by atoms with Crippen LogP contribution >= 0.6 is 0 Å². The minimum absolute atomic E-state index is 0.0115. The topological polar surface area (TPSA) is 44.9 Å². The molecule has 2 heterocycles. The third-order valence-corrected chi connectivity index (χ3v) is 3.34. The summed E-state index contributed by atoms with van der Waals surface area (Å²) in [7, 11) is 0. The zero-order valence-corrected chi connectivity index (χ0v) is 9.96. The van der Waals surface area contributed by atoms with Crippen molar-refractivity contribution in [2.75, 3.05) is 13.1 Å². The van der Waals surface area contributed by atoms with Gasteiger partial charge in [0.25, 0.3) is 5.56 Å². The van der Waals surface area contributed by atoms with Gasteiger partial charge in [-0.2, -0.15) is 0 Å². The molecule has 1 aliphatic heterocycles. The highest BCUT2D eigenvalue weighted by Gasteiger charge is 2.18. The molecule has 17 heavy (non-hydrogen) atoms. The minimum atomic E-state index is 0.0115. The van der Waals surface area contributed by atoms with Crippen molar-refractivity contribution in [3.05, 3.63) is 46.4 Å². The van der Waals surface area contributed by atoms with Crippen LogP contribution in [-0.2, 0) is 0 Å². The number of hydrogen-bond acceptors (Lipinski definition) is 2. The summed E-state index contributed by atoms with van der Waals surface area (Å²) in [6.07, 6.45) is 5.46. The third kappa shape index (κ3) is 2.39. The lowest BCUT2D eigenvalue weighted by Crippen LogP contribution is -2.29. The average molecular weight is 230 g/mol. The molecule has 0 radical (unpaired) electrons. The summed E-state index contributed by atoms with van der Waals surface area (Å²) in [5.41, 5.74) is 2.60. The summed E-state index contributed by atoms with van der Waals surface area (Å²) in [6, 6.07) is 1.96. The van der Waals surface area contributed by atoms with Crippen molar-refractivity contribution < 1.29 is 0 Å². The van der Waals surface area contributed by atoms with Gasteiger partial charge in [0.15, 0.2) is 0 Å². The molecule has 3 nitrogen and oxygen atoms in total. The second-order valence-electron chi connectivity index (χ2n) is 4.36. The third-order valence-electron chi connectivity index (χ3n) is 3.34. The van der Waals surface area contributed by atoms with Gasteiger partial charge in [-0.3, -0.25) is 4.79 Å². The Bertz CT molecular complexity index is 481. The van der Waals surface area contributed by atoms with Crippen molar-refractivity contribution in [2.24, 2.45) is 0 Å². The summed E-state index contributed by atoms with van der Waals surface area (Å²) in [5, 5.41) is 3.31. The van der Waals surface area contributed by atoms with Gasteiger partial charge < -0.3 is 10.3 Å². The van der Waals surface area contributed by atoms with Crippen molar-refractivity contribution in [3.8, 4) is 0 Å². The molecule has 1 aromatic heterocycles. The highest BCUT2D eigenvalue weighted by atomic mass is 16.1. The zero-order valence-electron chi connectivity index (χ0n) is 9.96. The smallest absolute Gasteiger partial charge is 0.251 e. The van der Waals surface area contributed by atoms with Gasteiger partial charge in [0.1, 0.15) is 0 Å². The van der Waals surface area contributed by atoms with E-state index in [0.717, 1.165) is 42.8 Å². The van der Waals surface area contributed by atoms with Gasteiger partial charge in [0.2, 0.25) is 0 Å². The van der Waals surface area contributed by atoms with E-state index >= 15 is 0 Å². The van der Waals surface area contributed by atoms with Gasteiger partial charge in [-0.1, -0.05) is 19.2 Å². The molecule has 1 aliphatic rings. The number of nitrogens with one attached hydrogen (secondary N) is 2. The van der Waals surface area contributed by atoms with Crippen LogP contribution in [0.5, 0.6) is 0 Å². The molecule has 0 saturated carbocycles. The number of piperidine rings is 1. The van der Waals surface area contributed by atoms with Crippen LogP contribution in [-0.4, -0.2) is 18.1 Å². The second-order valence-corrected chi connectivity index (χ2v) is 4.36. The monoisotopic (exact) mass is 230 g/mol. The molecule has 0 spiro atoms. The van der Waals surface area contributed by atoms with Crippen molar-refractivity contribution in [1.82, 2.24) is 10.3 Å². The number of pyridine rings is 1. The zero-order chi connectivity index (χ0) is 12.3. The molecule has 1 fully saturated rings. The minimum Gasteiger partial charge on any atom is -0.322 e. The second kappa shape index (κ2) is 5.15. The Balaban J connectivity index is 2.43. The fourth-order valence-corrected chi connectivity index (χ4v) is 2.35. The first-order chi connectivity index (χ1) is 8.26. The summed E-state index contributed by atoms with van der Waals surface area (Å²) >= 11 is 0. The SMILES string of the molecule is C=Cc1cc(C2CCNCC2)c(=O)[nH]c1C=C. The van der Waals surface area contributed by atoms with Crippen LogP contribution in [0.15, 0.2) is 24.0 Å². The molecule has 0 amide bonds. The molecule has 0 aliphatic carbocycles. The van der Waals surface area contributed by atoms with E-state index in [1.807, 2.05) is 6.07 Å². The molecule has 1 saturated heterocycles. The van der Waals surface area contributed by atoms with Gasteiger partial charge >= 0.3 is 0 Å². The number of aromatic amines is 1. The summed E-state index contributed by atoms with van der Waals surface area (Å²) in [4.78, 5) is 14.9. The van der Waals surface area contributed by atoms with Gasteiger partial charge in [0, 0.05) is 11.3 Å². The maximum absolute atomic E-state index is 12.0. The van der Waals surface area contributed by atoms with Crippen molar-refractivity contribution in [2.45, 2.75) is 18.8 Å². The van der Waals surface area contributed by atoms with Crippen LogP contribution in [0.25, 0.3) is 12.2 Å². The molecule has 1 aromatic rings. The van der Waals surface area contributed by atoms with Crippen LogP contribution in [0.1, 0.15) is 35.6 Å². The Morgan fingerprint density at radius 2 is 1.94 bits per heavy atom. The lowest BCUT2D eigenvalue weighted by molar-refractivity contribution is 0.457.